The number of rotatable bonds is 4. The molecule has 0 radical (unpaired) electrons. The standard InChI is InChI=1S/C20H16N2OS/c1-14-7-9-15(10-8-14)18-13-24-20(22-18)17(12-21)11-16-5-3-4-6-19(16)23-2/h3-11,13H,1-2H3. The lowest BCUT2D eigenvalue weighted by molar-refractivity contribution is 0.414. The van der Waals surface area contributed by atoms with Crippen molar-refractivity contribution < 1.29 is 4.74 Å². The first-order valence-corrected chi connectivity index (χ1v) is 8.37. The van der Waals surface area contributed by atoms with Crippen molar-refractivity contribution in [2.24, 2.45) is 0 Å². The molecule has 0 N–H and O–H groups in total. The van der Waals surface area contributed by atoms with E-state index >= 15 is 0 Å². The number of methoxy groups -OCH3 is 1. The summed E-state index contributed by atoms with van der Waals surface area (Å²) in [6.45, 7) is 2.06. The number of benzene rings is 2. The highest BCUT2D eigenvalue weighted by atomic mass is 32.1. The molecule has 0 aliphatic rings. The summed E-state index contributed by atoms with van der Waals surface area (Å²) in [6, 6.07) is 18.1. The maximum Gasteiger partial charge on any atom is 0.134 e. The second kappa shape index (κ2) is 7.12. The van der Waals surface area contributed by atoms with Crippen LogP contribution in [0.5, 0.6) is 5.75 Å². The molecule has 2 aromatic carbocycles. The fourth-order valence-electron chi connectivity index (χ4n) is 2.34. The fourth-order valence-corrected chi connectivity index (χ4v) is 3.13. The van der Waals surface area contributed by atoms with Gasteiger partial charge in [0, 0.05) is 16.5 Å². The highest BCUT2D eigenvalue weighted by molar-refractivity contribution is 7.11. The molecule has 0 fully saturated rings. The van der Waals surface area contributed by atoms with Gasteiger partial charge in [0.25, 0.3) is 0 Å². The van der Waals surface area contributed by atoms with E-state index in [4.69, 9.17) is 4.74 Å². The van der Waals surface area contributed by atoms with Crippen LogP contribution in [0.3, 0.4) is 0 Å². The van der Waals surface area contributed by atoms with Gasteiger partial charge in [0.05, 0.1) is 18.4 Å². The topological polar surface area (TPSA) is 45.9 Å². The molecular formula is C20H16N2OS. The van der Waals surface area contributed by atoms with E-state index in [0.717, 1.165) is 22.6 Å². The van der Waals surface area contributed by atoms with Gasteiger partial charge in [-0.25, -0.2) is 4.98 Å². The van der Waals surface area contributed by atoms with Crippen LogP contribution < -0.4 is 4.74 Å². The molecule has 3 rings (SSSR count). The van der Waals surface area contributed by atoms with Crippen molar-refractivity contribution in [1.82, 2.24) is 4.98 Å². The molecule has 0 saturated heterocycles. The molecule has 3 aromatic rings. The minimum Gasteiger partial charge on any atom is -0.496 e. The number of aromatic nitrogens is 1. The average Bonchev–Trinajstić information content (AvgIpc) is 3.10. The Morgan fingerprint density at radius 3 is 2.62 bits per heavy atom. The van der Waals surface area contributed by atoms with E-state index in [2.05, 4.69) is 30.1 Å². The summed E-state index contributed by atoms with van der Waals surface area (Å²) in [5.41, 5.74) is 4.54. The van der Waals surface area contributed by atoms with Crippen molar-refractivity contribution in [3.8, 4) is 23.1 Å². The van der Waals surface area contributed by atoms with Crippen molar-refractivity contribution in [2.45, 2.75) is 6.92 Å². The smallest absolute Gasteiger partial charge is 0.134 e. The van der Waals surface area contributed by atoms with Crippen LogP contribution in [0.25, 0.3) is 22.9 Å². The predicted octanol–water partition coefficient (Wildman–Crippen LogP) is 5.19. The average molecular weight is 332 g/mol. The molecule has 0 saturated carbocycles. The zero-order valence-electron chi connectivity index (χ0n) is 13.5. The Morgan fingerprint density at radius 2 is 1.92 bits per heavy atom. The third-order valence-electron chi connectivity index (χ3n) is 3.64. The summed E-state index contributed by atoms with van der Waals surface area (Å²) >= 11 is 1.47. The first kappa shape index (κ1) is 16.0. The fraction of sp³-hybridized carbons (Fsp3) is 0.100. The van der Waals surface area contributed by atoms with Crippen LogP contribution in [0.1, 0.15) is 16.1 Å². The van der Waals surface area contributed by atoms with E-state index in [0.29, 0.717) is 10.6 Å². The number of allylic oxidation sites excluding steroid dienone is 1. The number of aryl methyl sites for hydroxylation is 1. The van der Waals surface area contributed by atoms with Crippen LogP contribution in [0.4, 0.5) is 0 Å². The minimum absolute atomic E-state index is 0.530. The lowest BCUT2D eigenvalue weighted by Gasteiger charge is -2.04. The van der Waals surface area contributed by atoms with Crippen molar-refractivity contribution in [3.63, 3.8) is 0 Å². The maximum atomic E-state index is 9.53. The van der Waals surface area contributed by atoms with Crippen LogP contribution in [-0.2, 0) is 0 Å². The maximum absolute atomic E-state index is 9.53. The number of ether oxygens (including phenoxy) is 1. The number of hydrogen-bond acceptors (Lipinski definition) is 4. The van der Waals surface area contributed by atoms with Crippen LogP contribution in [0, 0.1) is 18.3 Å². The Hall–Kier alpha value is -2.90. The summed E-state index contributed by atoms with van der Waals surface area (Å²) in [5.74, 6) is 0.737. The third-order valence-corrected chi connectivity index (χ3v) is 4.52. The zero-order valence-corrected chi connectivity index (χ0v) is 14.3. The van der Waals surface area contributed by atoms with Gasteiger partial charge < -0.3 is 4.74 Å². The molecule has 3 nitrogen and oxygen atoms in total. The van der Waals surface area contributed by atoms with Crippen LogP contribution in [0.15, 0.2) is 53.9 Å². The first-order chi connectivity index (χ1) is 11.7. The normalized spacial score (nSPS) is 11.1. The minimum atomic E-state index is 0.530. The van der Waals surface area contributed by atoms with Gasteiger partial charge in [-0.2, -0.15) is 5.26 Å². The second-order valence-electron chi connectivity index (χ2n) is 5.32. The first-order valence-electron chi connectivity index (χ1n) is 7.49. The van der Waals surface area contributed by atoms with Crippen molar-refractivity contribution in [3.05, 3.63) is 70.0 Å². The van der Waals surface area contributed by atoms with E-state index in [-0.39, 0.29) is 0 Å². The quantitative estimate of drug-likeness (QED) is 0.618. The largest absolute Gasteiger partial charge is 0.496 e. The monoisotopic (exact) mass is 332 g/mol. The number of nitriles is 1. The summed E-state index contributed by atoms with van der Waals surface area (Å²) in [5, 5.41) is 12.2. The van der Waals surface area contributed by atoms with Gasteiger partial charge in [-0.3, -0.25) is 0 Å². The van der Waals surface area contributed by atoms with Gasteiger partial charge in [0.15, 0.2) is 0 Å². The van der Waals surface area contributed by atoms with Crippen LogP contribution >= 0.6 is 11.3 Å². The number of nitrogens with zero attached hydrogens (tertiary/aromatic N) is 2. The second-order valence-corrected chi connectivity index (χ2v) is 6.17. The predicted molar refractivity (Wildman–Crippen MR) is 98.8 cm³/mol. The Kier molecular flexibility index (Phi) is 4.74. The van der Waals surface area contributed by atoms with Gasteiger partial charge >= 0.3 is 0 Å². The molecule has 0 atom stereocenters. The molecular weight excluding hydrogens is 316 g/mol. The molecule has 0 aliphatic carbocycles. The van der Waals surface area contributed by atoms with E-state index in [1.54, 1.807) is 7.11 Å². The van der Waals surface area contributed by atoms with Crippen molar-refractivity contribution in [1.29, 1.82) is 5.26 Å². The Labute approximate surface area is 145 Å². The summed E-state index contributed by atoms with van der Waals surface area (Å²) in [7, 11) is 1.62. The molecule has 118 valence electrons. The highest BCUT2D eigenvalue weighted by Gasteiger charge is 2.10. The molecule has 0 amide bonds. The Bertz CT molecular complexity index is 917. The lowest BCUT2D eigenvalue weighted by atomic mass is 10.1. The van der Waals surface area contributed by atoms with Crippen molar-refractivity contribution in [2.75, 3.05) is 7.11 Å². The molecule has 0 aliphatic heterocycles. The van der Waals surface area contributed by atoms with Gasteiger partial charge in [0.1, 0.15) is 16.8 Å². The van der Waals surface area contributed by atoms with E-state index in [1.165, 1.54) is 16.9 Å². The van der Waals surface area contributed by atoms with Gasteiger partial charge in [-0.15, -0.1) is 11.3 Å². The van der Waals surface area contributed by atoms with Gasteiger partial charge in [-0.1, -0.05) is 48.0 Å². The van der Waals surface area contributed by atoms with Crippen LogP contribution in [-0.4, -0.2) is 12.1 Å². The molecule has 0 spiro atoms. The molecule has 1 heterocycles. The Balaban J connectivity index is 1.96. The number of para-hydroxylation sites is 1. The van der Waals surface area contributed by atoms with Crippen molar-refractivity contribution >= 4 is 23.0 Å². The SMILES string of the molecule is COc1ccccc1C=C(C#N)c1nc(-c2ccc(C)cc2)cs1. The summed E-state index contributed by atoms with van der Waals surface area (Å²) < 4.78 is 5.34. The molecule has 0 bridgehead atoms. The molecule has 1 aromatic heterocycles. The van der Waals surface area contributed by atoms with Gasteiger partial charge in [0.2, 0.25) is 0 Å². The number of hydrogen-bond donors (Lipinski definition) is 0. The Morgan fingerprint density at radius 1 is 1.17 bits per heavy atom. The zero-order chi connectivity index (χ0) is 16.9. The third kappa shape index (κ3) is 3.37. The summed E-state index contributed by atoms with van der Waals surface area (Å²) in [4.78, 5) is 4.62. The van der Waals surface area contributed by atoms with Crippen LogP contribution in [0.2, 0.25) is 0 Å². The van der Waals surface area contributed by atoms with E-state index in [9.17, 15) is 5.26 Å². The van der Waals surface area contributed by atoms with E-state index < -0.39 is 0 Å². The summed E-state index contributed by atoms with van der Waals surface area (Å²) in [6.07, 6.45) is 1.82. The number of thiazole rings is 1. The lowest BCUT2D eigenvalue weighted by Crippen LogP contribution is -1.87. The van der Waals surface area contributed by atoms with Gasteiger partial charge in [-0.05, 0) is 19.1 Å². The molecule has 4 heteroatoms. The molecule has 0 unspecified atom stereocenters. The molecule has 24 heavy (non-hydrogen) atoms. The highest BCUT2D eigenvalue weighted by Crippen LogP contribution is 2.29. The van der Waals surface area contributed by atoms with E-state index in [1.807, 2.05) is 47.9 Å².